The van der Waals surface area contributed by atoms with Gasteiger partial charge in [-0.15, -0.1) is 0 Å². The lowest BCUT2D eigenvalue weighted by atomic mass is 9.32. The minimum Gasteiger partial charge on any atom is -0.311 e. The molecule has 0 fully saturated rings. The maximum absolute atomic E-state index is 2.67. The van der Waals surface area contributed by atoms with E-state index in [9.17, 15) is 0 Å². The first-order valence-corrected chi connectivity index (χ1v) is 20.9. The lowest BCUT2D eigenvalue weighted by Gasteiger charge is -2.51. The molecule has 4 aliphatic heterocycles. The third-order valence-electron chi connectivity index (χ3n) is 12.8. The fraction of sp³-hybridized carbons (Fsp3) is 0.400. The maximum atomic E-state index is 2.67. The van der Waals surface area contributed by atoms with Gasteiger partial charge in [-0.25, -0.2) is 0 Å². The quantitative estimate of drug-likeness (QED) is 0.144. The van der Waals surface area contributed by atoms with Gasteiger partial charge in [0.15, 0.2) is 0 Å². The molecule has 4 heterocycles. The van der Waals surface area contributed by atoms with E-state index in [-0.39, 0.29) is 33.8 Å². The van der Waals surface area contributed by atoms with Crippen molar-refractivity contribution >= 4 is 69.0 Å². The molecule has 0 spiro atoms. The summed E-state index contributed by atoms with van der Waals surface area (Å²) < 4.78 is 0. The highest BCUT2D eigenvalue weighted by Gasteiger charge is 2.50. The van der Waals surface area contributed by atoms with Gasteiger partial charge in [0.05, 0.1) is 17.1 Å². The number of hydrogen-bond acceptors (Lipinski definition) is 3. The molecule has 0 radical (unpaired) electrons. The molecule has 54 heavy (non-hydrogen) atoms. The third kappa shape index (κ3) is 5.00. The molecule has 0 saturated heterocycles. The Hall–Kier alpha value is -3.89. The Morgan fingerprint density at radius 3 is 1.52 bits per heavy atom. The second kappa shape index (κ2) is 10.9. The monoisotopic (exact) mass is 728 g/mol. The minimum absolute atomic E-state index is 0.0000807. The zero-order valence-electron chi connectivity index (χ0n) is 35.3. The number of anilines is 6. The fourth-order valence-corrected chi connectivity index (χ4v) is 10.7. The topological polar surface area (TPSA) is 6.48 Å². The van der Waals surface area contributed by atoms with Gasteiger partial charge in [0.25, 0.3) is 6.71 Å². The molecule has 0 amide bonds. The molecule has 0 bridgehead atoms. The lowest BCUT2D eigenvalue weighted by Crippen LogP contribution is -2.63. The first-order valence-electron chi connectivity index (χ1n) is 20.1. The van der Waals surface area contributed by atoms with Gasteiger partial charge in [-0.2, -0.15) is 0 Å². The molecule has 2 nitrogen and oxygen atoms in total. The van der Waals surface area contributed by atoms with E-state index in [1.54, 1.807) is 0 Å². The van der Waals surface area contributed by atoms with Gasteiger partial charge < -0.3 is 9.80 Å². The molecular weight excluding hydrogens is 671 g/mol. The molecule has 5 aromatic rings. The summed E-state index contributed by atoms with van der Waals surface area (Å²) in [5.74, 6) is 0. The van der Waals surface area contributed by atoms with Crippen LogP contribution < -0.4 is 26.2 Å². The van der Waals surface area contributed by atoms with Crippen molar-refractivity contribution in [2.45, 2.75) is 141 Å². The van der Waals surface area contributed by atoms with Crippen molar-refractivity contribution in [3.63, 3.8) is 0 Å². The molecule has 4 heteroatoms. The van der Waals surface area contributed by atoms with Crippen LogP contribution >= 0.6 is 11.8 Å². The number of nitrogens with zero attached hydrogens (tertiary/aromatic N) is 2. The van der Waals surface area contributed by atoms with Crippen LogP contribution in [0, 0.1) is 6.92 Å². The Bertz CT molecular complexity index is 2460. The summed E-state index contributed by atoms with van der Waals surface area (Å²) in [6.07, 6.45) is 0. The molecule has 5 aromatic carbocycles. The van der Waals surface area contributed by atoms with Crippen LogP contribution in [-0.4, -0.2) is 6.71 Å². The van der Waals surface area contributed by atoms with Gasteiger partial charge in [0, 0.05) is 32.3 Å². The summed E-state index contributed by atoms with van der Waals surface area (Å²) in [7, 11) is 0. The normalized spacial score (nSPS) is 16.4. The van der Waals surface area contributed by atoms with E-state index in [0.717, 1.165) is 0 Å². The van der Waals surface area contributed by atoms with Crippen LogP contribution in [0.5, 0.6) is 0 Å². The van der Waals surface area contributed by atoms with Crippen molar-refractivity contribution < 1.29 is 0 Å². The van der Waals surface area contributed by atoms with Crippen LogP contribution in [0.15, 0.2) is 82.6 Å². The zero-order chi connectivity index (χ0) is 38.8. The summed E-state index contributed by atoms with van der Waals surface area (Å²) in [5.41, 5.74) is 22.0. The van der Waals surface area contributed by atoms with Crippen molar-refractivity contribution in [1.82, 2.24) is 0 Å². The molecular formula is C50H57BN2S. The van der Waals surface area contributed by atoms with Crippen LogP contribution in [-0.2, 0) is 27.1 Å². The molecule has 0 aliphatic carbocycles. The molecule has 276 valence electrons. The molecule has 0 aromatic heterocycles. The maximum Gasteiger partial charge on any atom is 0.252 e. The SMILES string of the molecule is Cc1cc2c3c(c1)N1c4ccc(C(C)(C)C)cc4C(C)(C)c4cc(C(C)(C)C)cc(c41)B3c1cc(C(C)(C)C)cc3c1N2c1ccc(C(C)(C)C)cc1S3. The third-order valence-corrected chi connectivity index (χ3v) is 13.9. The van der Waals surface area contributed by atoms with Gasteiger partial charge in [0.2, 0.25) is 0 Å². The summed E-state index contributed by atoms with van der Waals surface area (Å²) in [4.78, 5) is 8.03. The van der Waals surface area contributed by atoms with E-state index >= 15 is 0 Å². The van der Waals surface area contributed by atoms with Crippen LogP contribution in [0.2, 0.25) is 0 Å². The highest BCUT2D eigenvalue weighted by Crippen LogP contribution is 2.58. The number of fused-ring (bicyclic) bond motifs is 8. The molecule has 4 aliphatic rings. The Morgan fingerprint density at radius 2 is 0.944 bits per heavy atom. The van der Waals surface area contributed by atoms with E-state index < -0.39 is 0 Å². The van der Waals surface area contributed by atoms with Crippen molar-refractivity contribution in [1.29, 1.82) is 0 Å². The predicted octanol–water partition coefficient (Wildman–Crippen LogP) is 12.4. The van der Waals surface area contributed by atoms with Crippen LogP contribution in [0.1, 0.15) is 136 Å². The van der Waals surface area contributed by atoms with Crippen molar-refractivity contribution in [3.05, 3.63) is 112 Å². The van der Waals surface area contributed by atoms with Crippen LogP contribution in [0.4, 0.5) is 34.1 Å². The van der Waals surface area contributed by atoms with Crippen LogP contribution in [0.25, 0.3) is 0 Å². The van der Waals surface area contributed by atoms with Crippen molar-refractivity contribution in [2.75, 3.05) is 9.80 Å². The fourth-order valence-electron chi connectivity index (χ4n) is 9.49. The Kier molecular flexibility index (Phi) is 7.23. The average Bonchev–Trinajstić information content (AvgIpc) is 3.06. The summed E-state index contributed by atoms with van der Waals surface area (Å²) in [5, 5.41) is 0. The number of hydrogen-bond donors (Lipinski definition) is 0. The van der Waals surface area contributed by atoms with Gasteiger partial charge in [-0.3, -0.25) is 0 Å². The molecule has 0 atom stereocenters. The van der Waals surface area contributed by atoms with Crippen molar-refractivity contribution in [2.24, 2.45) is 0 Å². The lowest BCUT2D eigenvalue weighted by molar-refractivity contribution is 0.574. The number of benzene rings is 5. The Balaban J connectivity index is 1.44. The predicted molar refractivity (Wildman–Crippen MR) is 236 cm³/mol. The van der Waals surface area contributed by atoms with E-state index in [1.165, 1.54) is 99.2 Å². The van der Waals surface area contributed by atoms with E-state index in [2.05, 4.69) is 186 Å². The minimum atomic E-state index is -0.185. The molecule has 0 unspecified atom stereocenters. The summed E-state index contributed by atoms with van der Waals surface area (Å²) in [6, 6.07) is 29.8. The van der Waals surface area contributed by atoms with Gasteiger partial charge in [-0.05, 0) is 120 Å². The summed E-state index contributed by atoms with van der Waals surface area (Å²) >= 11 is 1.97. The van der Waals surface area contributed by atoms with Gasteiger partial charge in [-0.1, -0.05) is 145 Å². The Morgan fingerprint density at radius 1 is 0.481 bits per heavy atom. The molecule has 9 rings (SSSR count). The molecule has 0 N–H and O–H groups in total. The van der Waals surface area contributed by atoms with E-state index in [1.807, 2.05) is 11.8 Å². The average molecular weight is 729 g/mol. The second-order valence-corrected chi connectivity index (χ2v) is 22.4. The summed E-state index contributed by atoms with van der Waals surface area (Å²) in [6.45, 7) is 35.6. The van der Waals surface area contributed by atoms with Gasteiger partial charge >= 0.3 is 0 Å². The van der Waals surface area contributed by atoms with Gasteiger partial charge in [0.1, 0.15) is 0 Å². The smallest absolute Gasteiger partial charge is 0.252 e. The van der Waals surface area contributed by atoms with Crippen LogP contribution in [0.3, 0.4) is 0 Å². The highest BCUT2D eigenvalue weighted by molar-refractivity contribution is 7.99. The first-order chi connectivity index (χ1) is 25.0. The standard InChI is InChI=1S/C50H57BN2S/c1-28-20-39-43-40(21-28)53-38-19-17-30(47(5,6)7)26-41(38)54-42-27-32(49(11,12)13)25-36(45(42)53)51(43)35-24-31(48(8,9)10)23-34-44(35)52(39)37-18-16-29(46(2,3)4)22-33(37)50(34,14)15/h16-27H,1-15H3. The molecule has 0 saturated carbocycles. The van der Waals surface area contributed by atoms with Crippen molar-refractivity contribution in [3.8, 4) is 0 Å². The number of aryl methyl sites for hydroxylation is 1. The van der Waals surface area contributed by atoms with E-state index in [0.29, 0.717) is 0 Å². The number of rotatable bonds is 0. The first kappa shape index (κ1) is 35.8. The largest absolute Gasteiger partial charge is 0.311 e. The zero-order valence-corrected chi connectivity index (χ0v) is 36.1. The Labute approximate surface area is 329 Å². The second-order valence-electron chi connectivity index (χ2n) is 21.3. The van der Waals surface area contributed by atoms with E-state index in [4.69, 9.17) is 0 Å². The highest BCUT2D eigenvalue weighted by atomic mass is 32.2.